The molecule has 1 aliphatic rings. The number of H-pyrrole nitrogens is 1. The van der Waals surface area contributed by atoms with Crippen molar-refractivity contribution in [1.82, 2.24) is 9.29 Å². The van der Waals surface area contributed by atoms with Crippen LogP contribution in [0.15, 0.2) is 30.5 Å². The van der Waals surface area contributed by atoms with Gasteiger partial charge in [0.1, 0.15) is 0 Å². The van der Waals surface area contributed by atoms with Crippen molar-refractivity contribution in [3.63, 3.8) is 0 Å². The first kappa shape index (κ1) is 13.7. The van der Waals surface area contributed by atoms with Gasteiger partial charge in [-0.3, -0.25) is 0 Å². The molecule has 0 saturated heterocycles. The summed E-state index contributed by atoms with van der Waals surface area (Å²) in [7, 11) is -3.10. The monoisotopic (exact) mass is 310 g/mol. The summed E-state index contributed by atoms with van der Waals surface area (Å²) in [6, 6.07) is 5.76. The highest BCUT2D eigenvalue weighted by molar-refractivity contribution is 7.88. The Balaban J connectivity index is 1.95. The molecule has 1 aromatic carbocycles. The number of nitrogens with one attached hydrogen (secondary N) is 1. The standard InChI is InChI=1S/C14H15ClN2O2S/c1-20(18,19)17-6-4-10(5-7-17)13-9-16-14-8-11(15)2-3-12(13)14/h2-4,8-9,16H,5-7H2,1H3. The smallest absolute Gasteiger partial charge is 0.211 e. The number of aromatic amines is 1. The fraction of sp³-hybridized carbons (Fsp3) is 0.286. The maximum atomic E-state index is 11.5. The van der Waals surface area contributed by atoms with Gasteiger partial charge in [-0.25, -0.2) is 8.42 Å². The Labute approximate surface area is 123 Å². The molecule has 0 atom stereocenters. The molecule has 0 radical (unpaired) electrons. The quantitative estimate of drug-likeness (QED) is 0.927. The van der Waals surface area contributed by atoms with Gasteiger partial charge in [-0.2, -0.15) is 4.31 Å². The molecule has 3 rings (SSSR count). The Morgan fingerprint density at radius 1 is 1.35 bits per heavy atom. The van der Waals surface area contributed by atoms with Gasteiger partial charge in [0.2, 0.25) is 10.0 Å². The molecule has 0 amide bonds. The first-order valence-electron chi connectivity index (χ1n) is 6.36. The third-order valence-electron chi connectivity index (χ3n) is 3.63. The van der Waals surface area contributed by atoms with Crippen molar-refractivity contribution < 1.29 is 8.42 Å². The average molecular weight is 311 g/mol. The SMILES string of the molecule is CS(=O)(=O)N1CC=C(c2c[nH]c3cc(Cl)ccc23)CC1. The van der Waals surface area contributed by atoms with E-state index in [0.29, 0.717) is 18.1 Å². The highest BCUT2D eigenvalue weighted by atomic mass is 35.5. The van der Waals surface area contributed by atoms with Crippen LogP contribution >= 0.6 is 11.6 Å². The molecular formula is C14H15ClN2O2S. The molecule has 0 unspecified atom stereocenters. The summed E-state index contributed by atoms with van der Waals surface area (Å²) in [5.74, 6) is 0. The van der Waals surface area contributed by atoms with Crippen LogP contribution in [0.4, 0.5) is 0 Å². The van der Waals surface area contributed by atoms with E-state index in [9.17, 15) is 8.42 Å². The summed E-state index contributed by atoms with van der Waals surface area (Å²) < 4.78 is 24.5. The molecule has 1 N–H and O–H groups in total. The lowest BCUT2D eigenvalue weighted by molar-refractivity contribution is 0.446. The van der Waals surface area contributed by atoms with Gasteiger partial charge in [0.25, 0.3) is 0 Å². The molecule has 0 bridgehead atoms. The van der Waals surface area contributed by atoms with Crippen LogP contribution in [0.1, 0.15) is 12.0 Å². The third kappa shape index (κ3) is 2.49. The predicted octanol–water partition coefficient (Wildman–Crippen LogP) is 2.87. The first-order chi connectivity index (χ1) is 9.45. The zero-order chi connectivity index (χ0) is 14.3. The summed E-state index contributed by atoms with van der Waals surface area (Å²) in [6.07, 6.45) is 5.92. The molecule has 2 heterocycles. The number of halogens is 1. The lowest BCUT2D eigenvalue weighted by Crippen LogP contribution is -2.33. The van der Waals surface area contributed by atoms with Crippen molar-refractivity contribution >= 4 is 38.1 Å². The zero-order valence-corrected chi connectivity index (χ0v) is 12.6. The number of sulfonamides is 1. The van der Waals surface area contributed by atoms with Crippen molar-refractivity contribution in [2.75, 3.05) is 19.3 Å². The lowest BCUT2D eigenvalue weighted by Gasteiger charge is -2.24. The summed E-state index contributed by atoms with van der Waals surface area (Å²) in [6.45, 7) is 0.972. The van der Waals surface area contributed by atoms with Crippen LogP contribution in [0, 0.1) is 0 Å². The van der Waals surface area contributed by atoms with Gasteiger partial charge >= 0.3 is 0 Å². The minimum Gasteiger partial charge on any atom is -0.361 e. The summed E-state index contributed by atoms with van der Waals surface area (Å²) in [5, 5.41) is 1.82. The molecule has 0 spiro atoms. The molecule has 20 heavy (non-hydrogen) atoms. The maximum Gasteiger partial charge on any atom is 0.211 e. The summed E-state index contributed by atoms with van der Waals surface area (Å²) in [5.41, 5.74) is 3.31. The van der Waals surface area contributed by atoms with Crippen LogP contribution in [0.3, 0.4) is 0 Å². The molecule has 4 nitrogen and oxygen atoms in total. The van der Waals surface area contributed by atoms with E-state index in [-0.39, 0.29) is 0 Å². The van der Waals surface area contributed by atoms with Gasteiger partial charge in [0, 0.05) is 40.8 Å². The minimum atomic E-state index is -3.10. The van der Waals surface area contributed by atoms with Crippen molar-refractivity contribution in [2.24, 2.45) is 0 Å². The Kier molecular flexibility index (Phi) is 3.36. The van der Waals surface area contributed by atoms with E-state index >= 15 is 0 Å². The van der Waals surface area contributed by atoms with E-state index < -0.39 is 10.0 Å². The fourth-order valence-electron chi connectivity index (χ4n) is 2.56. The Bertz CT molecular complexity index is 793. The maximum absolute atomic E-state index is 11.5. The molecule has 6 heteroatoms. The van der Waals surface area contributed by atoms with E-state index in [1.807, 2.05) is 30.5 Å². The largest absolute Gasteiger partial charge is 0.361 e. The highest BCUT2D eigenvalue weighted by Crippen LogP contribution is 2.30. The lowest BCUT2D eigenvalue weighted by atomic mass is 10.00. The second-order valence-corrected chi connectivity index (χ2v) is 7.41. The van der Waals surface area contributed by atoms with E-state index in [0.717, 1.165) is 22.9 Å². The van der Waals surface area contributed by atoms with E-state index in [4.69, 9.17) is 11.6 Å². The molecule has 0 aliphatic carbocycles. The Morgan fingerprint density at radius 3 is 2.80 bits per heavy atom. The molecular weight excluding hydrogens is 296 g/mol. The van der Waals surface area contributed by atoms with Gasteiger partial charge in [0.05, 0.1) is 6.26 Å². The van der Waals surface area contributed by atoms with Crippen LogP contribution in [0.2, 0.25) is 5.02 Å². The number of hydrogen-bond acceptors (Lipinski definition) is 2. The first-order valence-corrected chi connectivity index (χ1v) is 8.59. The molecule has 1 aliphatic heterocycles. The van der Waals surface area contributed by atoms with Crippen LogP contribution in [0.5, 0.6) is 0 Å². The van der Waals surface area contributed by atoms with Crippen molar-refractivity contribution in [1.29, 1.82) is 0 Å². The van der Waals surface area contributed by atoms with E-state index in [1.165, 1.54) is 16.1 Å². The van der Waals surface area contributed by atoms with Crippen molar-refractivity contribution in [3.05, 3.63) is 41.1 Å². The zero-order valence-electron chi connectivity index (χ0n) is 11.1. The van der Waals surface area contributed by atoms with E-state index in [1.54, 1.807) is 0 Å². The number of aromatic nitrogens is 1. The highest BCUT2D eigenvalue weighted by Gasteiger charge is 2.21. The number of fused-ring (bicyclic) bond motifs is 1. The molecule has 106 valence electrons. The van der Waals surface area contributed by atoms with Crippen LogP contribution in [0.25, 0.3) is 16.5 Å². The second kappa shape index (κ2) is 4.91. The molecule has 0 fully saturated rings. The van der Waals surface area contributed by atoms with Gasteiger partial charge in [0.15, 0.2) is 0 Å². The molecule has 0 saturated carbocycles. The second-order valence-electron chi connectivity index (χ2n) is 4.99. The summed E-state index contributed by atoms with van der Waals surface area (Å²) in [4.78, 5) is 3.21. The van der Waals surface area contributed by atoms with Gasteiger partial charge in [-0.05, 0) is 24.1 Å². The normalized spacial score (nSPS) is 17.4. The summed E-state index contributed by atoms with van der Waals surface area (Å²) >= 11 is 5.98. The average Bonchev–Trinajstić information content (AvgIpc) is 2.80. The Hall–Kier alpha value is -1.30. The minimum absolute atomic E-state index is 0.439. The topological polar surface area (TPSA) is 53.2 Å². The van der Waals surface area contributed by atoms with Crippen molar-refractivity contribution in [3.8, 4) is 0 Å². The number of hydrogen-bond donors (Lipinski definition) is 1. The van der Waals surface area contributed by atoms with Crippen LogP contribution in [-0.2, 0) is 10.0 Å². The number of nitrogens with zero attached hydrogens (tertiary/aromatic N) is 1. The van der Waals surface area contributed by atoms with Gasteiger partial charge in [-0.1, -0.05) is 23.7 Å². The molecule has 1 aromatic heterocycles. The van der Waals surface area contributed by atoms with E-state index in [2.05, 4.69) is 4.98 Å². The number of benzene rings is 1. The third-order valence-corrected chi connectivity index (χ3v) is 5.14. The Morgan fingerprint density at radius 2 is 2.15 bits per heavy atom. The van der Waals surface area contributed by atoms with Gasteiger partial charge in [-0.15, -0.1) is 0 Å². The number of rotatable bonds is 2. The molecule has 2 aromatic rings. The fourth-order valence-corrected chi connectivity index (χ4v) is 3.50. The van der Waals surface area contributed by atoms with Gasteiger partial charge < -0.3 is 4.98 Å². The van der Waals surface area contributed by atoms with Crippen molar-refractivity contribution in [2.45, 2.75) is 6.42 Å². The van der Waals surface area contributed by atoms with Crippen LogP contribution in [-0.4, -0.2) is 37.1 Å². The van der Waals surface area contributed by atoms with Crippen LogP contribution < -0.4 is 0 Å². The predicted molar refractivity (Wildman–Crippen MR) is 82.3 cm³/mol.